The topological polar surface area (TPSA) is 104 Å². The number of carboxylic acids is 2. The zero-order valence-corrected chi connectivity index (χ0v) is 8.29. The molecule has 6 nitrogen and oxygen atoms in total. The van der Waals surface area contributed by atoms with Crippen LogP contribution in [0.3, 0.4) is 0 Å². The summed E-state index contributed by atoms with van der Waals surface area (Å²) in [5, 5.41) is 19.3. The third-order valence-electron chi connectivity index (χ3n) is 2.04. The van der Waals surface area contributed by atoms with E-state index in [4.69, 9.17) is 10.2 Å². The first-order chi connectivity index (χ1) is 7.50. The number of hydrogen-bond donors (Lipinski definition) is 3. The standard InChI is InChI=1S/C10H11NO5/c12-8(13)5-7(10(15)16)11-9(14)6-3-1-2-4-6/h1-4,6-7H,5H2,(H,11,14)(H,12,13)(H,15,16)/t7-/m0/s1. The fraction of sp³-hybridized carbons (Fsp3) is 0.300. The molecule has 0 heterocycles. The Morgan fingerprint density at radius 3 is 2.19 bits per heavy atom. The monoisotopic (exact) mass is 225 g/mol. The highest BCUT2D eigenvalue weighted by molar-refractivity contribution is 5.89. The summed E-state index contributed by atoms with van der Waals surface area (Å²) in [5.74, 6) is -3.67. The second-order valence-corrected chi connectivity index (χ2v) is 3.29. The van der Waals surface area contributed by atoms with Crippen LogP contribution in [-0.4, -0.2) is 34.1 Å². The fourth-order valence-corrected chi connectivity index (χ4v) is 1.25. The molecule has 0 saturated carbocycles. The van der Waals surface area contributed by atoms with Crippen molar-refractivity contribution in [2.24, 2.45) is 5.92 Å². The van der Waals surface area contributed by atoms with Crippen LogP contribution < -0.4 is 5.32 Å². The molecule has 1 rings (SSSR count). The Kier molecular flexibility index (Phi) is 3.82. The van der Waals surface area contributed by atoms with Crippen LogP contribution in [0.5, 0.6) is 0 Å². The Morgan fingerprint density at radius 2 is 1.75 bits per heavy atom. The van der Waals surface area contributed by atoms with Crippen LogP contribution in [0.1, 0.15) is 6.42 Å². The van der Waals surface area contributed by atoms with Gasteiger partial charge in [-0.3, -0.25) is 9.59 Å². The van der Waals surface area contributed by atoms with E-state index >= 15 is 0 Å². The van der Waals surface area contributed by atoms with Crippen molar-refractivity contribution in [3.05, 3.63) is 24.3 Å². The highest BCUT2D eigenvalue weighted by Gasteiger charge is 2.25. The minimum absolute atomic E-state index is 0.515. The molecule has 0 fully saturated rings. The Labute approximate surface area is 91.3 Å². The molecule has 0 aromatic carbocycles. The van der Waals surface area contributed by atoms with E-state index in [-0.39, 0.29) is 0 Å². The predicted octanol–water partition coefficient (Wildman–Crippen LogP) is -0.227. The molecule has 0 saturated heterocycles. The molecule has 0 bridgehead atoms. The number of rotatable bonds is 5. The molecule has 0 radical (unpaired) electrons. The number of carbonyl (C=O) groups is 3. The maximum atomic E-state index is 11.5. The van der Waals surface area contributed by atoms with Crippen LogP contribution in [0, 0.1) is 5.92 Å². The van der Waals surface area contributed by atoms with Crippen LogP contribution in [-0.2, 0) is 14.4 Å². The van der Waals surface area contributed by atoms with Gasteiger partial charge in [0.15, 0.2) is 0 Å². The smallest absolute Gasteiger partial charge is 0.326 e. The molecular formula is C10H11NO5. The van der Waals surface area contributed by atoms with Gasteiger partial charge in [-0.05, 0) is 0 Å². The normalized spacial score (nSPS) is 16.0. The third-order valence-corrected chi connectivity index (χ3v) is 2.04. The predicted molar refractivity (Wildman–Crippen MR) is 53.6 cm³/mol. The molecule has 1 aliphatic rings. The maximum Gasteiger partial charge on any atom is 0.326 e. The molecule has 1 aliphatic carbocycles. The fourth-order valence-electron chi connectivity index (χ4n) is 1.25. The van der Waals surface area contributed by atoms with Gasteiger partial charge in [0.05, 0.1) is 12.3 Å². The van der Waals surface area contributed by atoms with Gasteiger partial charge in [-0.1, -0.05) is 24.3 Å². The van der Waals surface area contributed by atoms with Crippen molar-refractivity contribution in [2.75, 3.05) is 0 Å². The van der Waals surface area contributed by atoms with Crippen molar-refractivity contribution in [1.82, 2.24) is 5.32 Å². The largest absolute Gasteiger partial charge is 0.481 e. The molecule has 1 atom stereocenters. The Balaban J connectivity index is 2.57. The van der Waals surface area contributed by atoms with Gasteiger partial charge >= 0.3 is 11.9 Å². The van der Waals surface area contributed by atoms with E-state index in [0.717, 1.165) is 0 Å². The number of carbonyl (C=O) groups excluding carboxylic acids is 1. The van der Waals surface area contributed by atoms with Crippen LogP contribution >= 0.6 is 0 Å². The van der Waals surface area contributed by atoms with Gasteiger partial charge in [-0.25, -0.2) is 4.79 Å². The first kappa shape index (κ1) is 12.0. The van der Waals surface area contributed by atoms with Crippen LogP contribution in [0.2, 0.25) is 0 Å². The zero-order valence-electron chi connectivity index (χ0n) is 8.29. The number of aliphatic carboxylic acids is 2. The lowest BCUT2D eigenvalue weighted by atomic mass is 10.1. The molecular weight excluding hydrogens is 214 g/mol. The van der Waals surface area contributed by atoms with Gasteiger partial charge in [0.25, 0.3) is 0 Å². The number of hydrogen-bond acceptors (Lipinski definition) is 3. The van der Waals surface area contributed by atoms with Gasteiger partial charge < -0.3 is 15.5 Å². The average Bonchev–Trinajstić information content (AvgIpc) is 2.68. The van der Waals surface area contributed by atoms with Crippen molar-refractivity contribution < 1.29 is 24.6 Å². The summed E-state index contributed by atoms with van der Waals surface area (Å²) in [5.41, 5.74) is 0. The molecule has 1 amide bonds. The number of amides is 1. The Hall–Kier alpha value is -2.11. The van der Waals surface area contributed by atoms with Crippen molar-refractivity contribution >= 4 is 17.8 Å². The van der Waals surface area contributed by atoms with E-state index < -0.39 is 36.2 Å². The van der Waals surface area contributed by atoms with Gasteiger partial charge in [0.2, 0.25) is 5.91 Å². The molecule has 3 N–H and O–H groups in total. The lowest BCUT2D eigenvalue weighted by Gasteiger charge is -2.14. The minimum Gasteiger partial charge on any atom is -0.481 e. The van der Waals surface area contributed by atoms with Gasteiger partial charge in [-0.2, -0.15) is 0 Å². The summed E-state index contributed by atoms with van der Waals surface area (Å²) >= 11 is 0. The first-order valence-corrected chi connectivity index (χ1v) is 4.60. The quantitative estimate of drug-likeness (QED) is 0.599. The van der Waals surface area contributed by atoms with Crippen LogP contribution in [0.15, 0.2) is 24.3 Å². The van der Waals surface area contributed by atoms with E-state index in [1.54, 1.807) is 24.3 Å². The van der Waals surface area contributed by atoms with Crippen LogP contribution in [0.4, 0.5) is 0 Å². The summed E-state index contributed by atoms with van der Waals surface area (Å²) in [6.45, 7) is 0. The highest BCUT2D eigenvalue weighted by atomic mass is 16.4. The van der Waals surface area contributed by atoms with Crippen molar-refractivity contribution in [2.45, 2.75) is 12.5 Å². The van der Waals surface area contributed by atoms with Crippen molar-refractivity contribution in [3.8, 4) is 0 Å². The summed E-state index contributed by atoms with van der Waals surface area (Å²) < 4.78 is 0. The highest BCUT2D eigenvalue weighted by Crippen LogP contribution is 2.09. The first-order valence-electron chi connectivity index (χ1n) is 4.60. The number of allylic oxidation sites excluding steroid dienone is 2. The molecule has 0 aliphatic heterocycles. The molecule has 0 unspecified atom stereocenters. The molecule has 0 aromatic heterocycles. The second kappa shape index (κ2) is 5.11. The molecule has 86 valence electrons. The minimum atomic E-state index is -1.40. The Morgan fingerprint density at radius 1 is 1.19 bits per heavy atom. The average molecular weight is 225 g/mol. The number of carboxylic acid groups (broad SMARTS) is 2. The van der Waals surface area contributed by atoms with E-state index in [1.807, 2.05) is 0 Å². The van der Waals surface area contributed by atoms with Crippen molar-refractivity contribution in [1.29, 1.82) is 0 Å². The van der Waals surface area contributed by atoms with Gasteiger partial charge in [0.1, 0.15) is 6.04 Å². The second-order valence-electron chi connectivity index (χ2n) is 3.29. The van der Waals surface area contributed by atoms with Crippen LogP contribution in [0.25, 0.3) is 0 Å². The maximum absolute atomic E-state index is 11.5. The number of nitrogens with one attached hydrogen (secondary N) is 1. The molecule has 0 aromatic rings. The van der Waals surface area contributed by atoms with E-state index in [0.29, 0.717) is 0 Å². The zero-order chi connectivity index (χ0) is 12.1. The molecule has 16 heavy (non-hydrogen) atoms. The lowest BCUT2D eigenvalue weighted by Crippen LogP contribution is -2.44. The van der Waals surface area contributed by atoms with Crippen molar-refractivity contribution in [3.63, 3.8) is 0 Å². The van der Waals surface area contributed by atoms with Gasteiger partial charge in [-0.15, -0.1) is 0 Å². The summed E-state index contributed by atoms with van der Waals surface area (Å²) in [6.07, 6.45) is 5.87. The summed E-state index contributed by atoms with van der Waals surface area (Å²) in [7, 11) is 0. The van der Waals surface area contributed by atoms with E-state index in [9.17, 15) is 14.4 Å². The molecule has 0 spiro atoms. The SMILES string of the molecule is O=C(O)C[C@H](NC(=O)C1C=CC=C1)C(=O)O. The van der Waals surface area contributed by atoms with Gasteiger partial charge in [0, 0.05) is 0 Å². The molecule has 6 heteroatoms. The Bertz CT molecular complexity index is 359. The van der Waals surface area contributed by atoms with E-state index in [2.05, 4.69) is 5.32 Å². The summed E-state index contributed by atoms with van der Waals surface area (Å²) in [6, 6.07) is -1.40. The van der Waals surface area contributed by atoms with E-state index in [1.165, 1.54) is 0 Å². The summed E-state index contributed by atoms with van der Waals surface area (Å²) in [4.78, 5) is 32.5. The third kappa shape index (κ3) is 3.23. The lowest BCUT2D eigenvalue weighted by molar-refractivity contribution is -0.147.